The minimum absolute atomic E-state index is 0.360. The molecule has 106 valence electrons. The van der Waals surface area contributed by atoms with Gasteiger partial charge >= 0.3 is 0 Å². The second-order valence-corrected chi connectivity index (χ2v) is 7.64. The zero-order valence-corrected chi connectivity index (χ0v) is 12.6. The number of Topliss-reactive ketones (excluding diaryl/α,β-unsaturated/α-hetero) is 1. The van der Waals surface area contributed by atoms with Crippen LogP contribution in [0.5, 0.6) is 0 Å². The number of ketones is 1. The van der Waals surface area contributed by atoms with E-state index in [1.807, 2.05) is 0 Å². The lowest BCUT2D eigenvalue weighted by Crippen LogP contribution is -2.31. The molecule has 3 aliphatic carbocycles. The number of rotatable bonds is 2. The van der Waals surface area contributed by atoms with Crippen molar-refractivity contribution in [3.05, 3.63) is 11.1 Å². The summed E-state index contributed by atoms with van der Waals surface area (Å²) >= 11 is 0. The highest BCUT2D eigenvalue weighted by atomic mass is 16.1. The quantitative estimate of drug-likeness (QED) is 0.635. The van der Waals surface area contributed by atoms with Crippen molar-refractivity contribution in [2.24, 2.45) is 17.3 Å². The van der Waals surface area contributed by atoms with Gasteiger partial charge in [-0.05, 0) is 56.8 Å². The average Bonchev–Trinajstić information content (AvgIpc) is 2.91. The minimum atomic E-state index is 0.360. The highest BCUT2D eigenvalue weighted by molar-refractivity contribution is 5.84. The maximum absolute atomic E-state index is 12.7. The van der Waals surface area contributed by atoms with Gasteiger partial charge in [-0.3, -0.25) is 4.79 Å². The third kappa shape index (κ3) is 2.53. The van der Waals surface area contributed by atoms with E-state index in [9.17, 15) is 4.79 Å². The zero-order chi connectivity index (χ0) is 13.5. The first-order chi connectivity index (χ1) is 9.08. The van der Waals surface area contributed by atoms with E-state index in [-0.39, 0.29) is 0 Å². The lowest BCUT2D eigenvalue weighted by atomic mass is 9.64. The predicted molar refractivity (Wildman–Crippen MR) is 79.0 cm³/mol. The molecule has 1 saturated carbocycles. The number of carbonyl (C=O) groups is 1. The monoisotopic (exact) mass is 260 g/mol. The Balaban J connectivity index is 1.74. The second-order valence-electron chi connectivity index (χ2n) is 7.64. The van der Waals surface area contributed by atoms with Crippen molar-refractivity contribution in [1.29, 1.82) is 0 Å². The molecule has 1 nitrogen and oxygen atoms in total. The van der Waals surface area contributed by atoms with E-state index in [1.54, 1.807) is 11.1 Å². The number of carbonyl (C=O) groups excluding carboxylic acids is 1. The van der Waals surface area contributed by atoms with Crippen LogP contribution >= 0.6 is 0 Å². The van der Waals surface area contributed by atoms with E-state index >= 15 is 0 Å². The van der Waals surface area contributed by atoms with Crippen LogP contribution in [0, 0.1) is 17.3 Å². The van der Waals surface area contributed by atoms with E-state index in [0.717, 1.165) is 12.8 Å². The van der Waals surface area contributed by atoms with Crippen molar-refractivity contribution in [3.63, 3.8) is 0 Å². The molecule has 0 aromatic heterocycles. The number of allylic oxidation sites excluding steroid dienone is 2. The van der Waals surface area contributed by atoms with Crippen LogP contribution in [0.2, 0.25) is 0 Å². The lowest BCUT2D eigenvalue weighted by Gasteiger charge is -2.40. The zero-order valence-electron chi connectivity index (χ0n) is 12.6. The van der Waals surface area contributed by atoms with Gasteiger partial charge in [0.1, 0.15) is 5.78 Å². The summed E-state index contributed by atoms with van der Waals surface area (Å²) in [6.45, 7) is 4.79. The van der Waals surface area contributed by atoms with Crippen molar-refractivity contribution in [2.75, 3.05) is 0 Å². The fourth-order valence-electron chi connectivity index (χ4n) is 4.70. The number of hydrogen-bond acceptors (Lipinski definition) is 1. The smallest absolute Gasteiger partial charge is 0.139 e. The Morgan fingerprint density at radius 2 is 1.74 bits per heavy atom. The molecular formula is C18H28O. The SMILES string of the molecule is CC1(C)CCCC2=C1CC(C(=O)C1CCCC1)CC2. The van der Waals surface area contributed by atoms with Gasteiger partial charge in [0.15, 0.2) is 0 Å². The maximum Gasteiger partial charge on any atom is 0.139 e. The first-order valence-electron chi connectivity index (χ1n) is 8.33. The van der Waals surface area contributed by atoms with Crippen LogP contribution < -0.4 is 0 Å². The van der Waals surface area contributed by atoms with Crippen LogP contribution in [0.25, 0.3) is 0 Å². The summed E-state index contributed by atoms with van der Waals surface area (Å²) in [7, 11) is 0. The molecule has 3 rings (SSSR count). The van der Waals surface area contributed by atoms with Gasteiger partial charge in [0, 0.05) is 11.8 Å². The van der Waals surface area contributed by atoms with E-state index < -0.39 is 0 Å². The predicted octanol–water partition coefficient (Wildman–Crippen LogP) is 5.05. The van der Waals surface area contributed by atoms with Gasteiger partial charge in [-0.15, -0.1) is 0 Å². The van der Waals surface area contributed by atoms with Gasteiger partial charge in [-0.1, -0.05) is 37.8 Å². The fourth-order valence-corrected chi connectivity index (χ4v) is 4.70. The molecule has 0 aliphatic heterocycles. The molecule has 0 aromatic carbocycles. The molecule has 0 bridgehead atoms. The summed E-state index contributed by atoms with van der Waals surface area (Å²) in [5, 5.41) is 0. The molecule has 0 amide bonds. The van der Waals surface area contributed by atoms with Crippen LogP contribution in [0.1, 0.15) is 78.1 Å². The molecule has 3 aliphatic rings. The standard InChI is InChI=1S/C18H28O/c1-18(2)11-5-8-13-9-10-15(12-16(13)18)17(19)14-6-3-4-7-14/h14-15H,3-12H2,1-2H3. The molecule has 0 N–H and O–H groups in total. The summed E-state index contributed by atoms with van der Waals surface area (Å²) < 4.78 is 0. The summed E-state index contributed by atoms with van der Waals surface area (Å²) in [6.07, 6.45) is 12.3. The summed E-state index contributed by atoms with van der Waals surface area (Å²) in [5.41, 5.74) is 3.75. The highest BCUT2D eigenvalue weighted by Gasteiger charge is 2.37. The highest BCUT2D eigenvalue weighted by Crippen LogP contribution is 2.48. The van der Waals surface area contributed by atoms with E-state index in [2.05, 4.69) is 13.8 Å². The molecule has 1 fully saturated rings. The van der Waals surface area contributed by atoms with Crippen molar-refractivity contribution < 1.29 is 4.79 Å². The Kier molecular flexibility index (Phi) is 3.57. The van der Waals surface area contributed by atoms with Gasteiger partial charge in [0.05, 0.1) is 0 Å². The Bertz CT molecular complexity index is 396. The molecule has 1 unspecified atom stereocenters. The summed E-state index contributed by atoms with van der Waals surface area (Å²) in [6, 6.07) is 0. The van der Waals surface area contributed by atoms with Crippen LogP contribution in [-0.4, -0.2) is 5.78 Å². The van der Waals surface area contributed by atoms with Crippen molar-refractivity contribution in [2.45, 2.75) is 78.1 Å². The first-order valence-corrected chi connectivity index (χ1v) is 8.33. The molecule has 1 heteroatoms. The van der Waals surface area contributed by atoms with E-state index in [4.69, 9.17) is 0 Å². The van der Waals surface area contributed by atoms with Crippen LogP contribution in [-0.2, 0) is 4.79 Å². The number of hydrogen-bond donors (Lipinski definition) is 0. The minimum Gasteiger partial charge on any atom is -0.299 e. The van der Waals surface area contributed by atoms with Gasteiger partial charge in [0.25, 0.3) is 0 Å². The van der Waals surface area contributed by atoms with Crippen LogP contribution in [0.4, 0.5) is 0 Å². The van der Waals surface area contributed by atoms with Gasteiger partial charge < -0.3 is 0 Å². The molecule has 19 heavy (non-hydrogen) atoms. The fraction of sp³-hybridized carbons (Fsp3) is 0.833. The van der Waals surface area contributed by atoms with Crippen molar-refractivity contribution in [3.8, 4) is 0 Å². The summed E-state index contributed by atoms with van der Waals surface area (Å²) in [5.74, 6) is 1.39. The Hall–Kier alpha value is -0.590. The second kappa shape index (κ2) is 5.07. The van der Waals surface area contributed by atoms with Gasteiger partial charge in [-0.25, -0.2) is 0 Å². The molecule has 0 aromatic rings. The normalized spacial score (nSPS) is 31.4. The van der Waals surface area contributed by atoms with Crippen molar-refractivity contribution >= 4 is 5.78 Å². The topological polar surface area (TPSA) is 17.1 Å². The molecule has 0 radical (unpaired) electrons. The van der Waals surface area contributed by atoms with Gasteiger partial charge in [0.2, 0.25) is 0 Å². The first kappa shape index (κ1) is 13.4. The van der Waals surface area contributed by atoms with E-state index in [1.165, 1.54) is 51.4 Å². The van der Waals surface area contributed by atoms with Crippen molar-refractivity contribution in [1.82, 2.24) is 0 Å². The van der Waals surface area contributed by atoms with E-state index in [0.29, 0.717) is 23.0 Å². The molecule has 0 saturated heterocycles. The Morgan fingerprint density at radius 1 is 1.00 bits per heavy atom. The van der Waals surface area contributed by atoms with Crippen LogP contribution in [0.15, 0.2) is 11.1 Å². The van der Waals surface area contributed by atoms with Gasteiger partial charge in [-0.2, -0.15) is 0 Å². The molecule has 0 spiro atoms. The third-order valence-corrected chi connectivity index (χ3v) is 5.93. The van der Waals surface area contributed by atoms with Crippen LogP contribution in [0.3, 0.4) is 0 Å². The molecule has 1 atom stereocenters. The molecular weight excluding hydrogens is 232 g/mol. The average molecular weight is 260 g/mol. The Morgan fingerprint density at radius 3 is 2.47 bits per heavy atom. The lowest BCUT2D eigenvalue weighted by molar-refractivity contribution is -0.127. The molecule has 0 heterocycles. The Labute approximate surface area is 117 Å². The third-order valence-electron chi connectivity index (χ3n) is 5.93. The maximum atomic E-state index is 12.7. The summed E-state index contributed by atoms with van der Waals surface area (Å²) in [4.78, 5) is 12.7. The largest absolute Gasteiger partial charge is 0.299 e.